The van der Waals surface area contributed by atoms with Crippen LogP contribution in [0.2, 0.25) is 0 Å². The van der Waals surface area contributed by atoms with Crippen molar-refractivity contribution in [2.24, 2.45) is 11.7 Å². The molecule has 0 amide bonds. The Morgan fingerprint density at radius 1 is 1.11 bits per heavy atom. The molecular weight excluding hydrogens is 114 g/mol. The van der Waals surface area contributed by atoms with E-state index in [1.54, 1.807) is 0 Å². The Morgan fingerprint density at radius 2 is 1.56 bits per heavy atom. The van der Waals surface area contributed by atoms with Gasteiger partial charge in [-0.25, -0.2) is 0 Å². The monoisotopic (exact) mass is 131 g/mol. The highest BCUT2D eigenvalue weighted by molar-refractivity contribution is 4.54. The maximum absolute atomic E-state index is 5.41. The summed E-state index contributed by atoms with van der Waals surface area (Å²) in [5.41, 5.74) is 5.41. The molecule has 9 heavy (non-hydrogen) atoms. The van der Waals surface area contributed by atoms with Gasteiger partial charge in [0, 0.05) is 0 Å². The van der Waals surface area contributed by atoms with E-state index in [0.717, 1.165) is 0 Å². The fourth-order valence-corrected chi connectivity index (χ4v) is 0.496. The molecule has 0 radical (unpaired) electrons. The first-order chi connectivity index (χ1) is 4.04. The molecule has 0 bridgehead atoms. The fourth-order valence-electron chi connectivity index (χ4n) is 0.496. The lowest BCUT2D eigenvalue weighted by molar-refractivity contribution is -0.0124. The minimum Gasteiger partial charge on any atom is -0.361 e. The van der Waals surface area contributed by atoms with Crippen LogP contribution in [0.15, 0.2) is 0 Å². The molecule has 56 valence electrons. The van der Waals surface area contributed by atoms with Crippen molar-refractivity contribution in [1.82, 2.24) is 0 Å². The zero-order valence-electron chi connectivity index (χ0n) is 6.72. The number of hydrogen-bond acceptors (Lipinski definition) is 2. The van der Waals surface area contributed by atoms with Crippen LogP contribution in [0, 0.1) is 5.92 Å². The largest absolute Gasteiger partial charge is 0.361 e. The molecule has 2 atom stereocenters. The van der Waals surface area contributed by atoms with E-state index in [0.29, 0.717) is 5.92 Å². The average Bonchev–Trinajstić information content (AvgIpc) is 1.63. The standard InChI is InChI=1S/C7H17NO/c1-5(2)6(3)9-7(4)8/h5-7H,8H2,1-4H3/t6-,7?/m1/s1. The van der Waals surface area contributed by atoms with Crippen LogP contribution in [-0.2, 0) is 4.74 Å². The maximum Gasteiger partial charge on any atom is 0.103 e. The molecule has 0 aromatic rings. The molecule has 2 N–H and O–H groups in total. The van der Waals surface area contributed by atoms with Crippen molar-refractivity contribution in [3.05, 3.63) is 0 Å². The maximum atomic E-state index is 5.41. The Labute approximate surface area is 57.4 Å². The summed E-state index contributed by atoms with van der Waals surface area (Å²) in [6.45, 7) is 8.12. The minimum absolute atomic E-state index is 0.137. The highest BCUT2D eigenvalue weighted by Crippen LogP contribution is 2.05. The van der Waals surface area contributed by atoms with Crippen LogP contribution in [-0.4, -0.2) is 12.3 Å². The molecule has 0 aromatic heterocycles. The van der Waals surface area contributed by atoms with E-state index in [1.807, 2.05) is 13.8 Å². The van der Waals surface area contributed by atoms with Gasteiger partial charge in [0.25, 0.3) is 0 Å². The van der Waals surface area contributed by atoms with E-state index in [-0.39, 0.29) is 12.3 Å². The van der Waals surface area contributed by atoms with Gasteiger partial charge in [-0.05, 0) is 19.8 Å². The number of nitrogens with two attached hydrogens (primary N) is 1. The first kappa shape index (κ1) is 8.92. The lowest BCUT2D eigenvalue weighted by Crippen LogP contribution is -2.27. The summed E-state index contributed by atoms with van der Waals surface area (Å²) in [5.74, 6) is 0.552. The summed E-state index contributed by atoms with van der Waals surface area (Å²) >= 11 is 0. The van der Waals surface area contributed by atoms with Gasteiger partial charge in [-0.3, -0.25) is 0 Å². The first-order valence-electron chi connectivity index (χ1n) is 3.45. The third-order valence-electron chi connectivity index (χ3n) is 1.37. The van der Waals surface area contributed by atoms with Crippen LogP contribution in [0.1, 0.15) is 27.7 Å². The quantitative estimate of drug-likeness (QED) is 0.587. The summed E-state index contributed by atoms with van der Waals surface area (Å²) < 4.78 is 5.29. The molecule has 0 aliphatic rings. The predicted molar refractivity (Wildman–Crippen MR) is 39.0 cm³/mol. The van der Waals surface area contributed by atoms with E-state index in [2.05, 4.69) is 13.8 Å². The third-order valence-corrected chi connectivity index (χ3v) is 1.37. The van der Waals surface area contributed by atoms with Gasteiger partial charge in [0.15, 0.2) is 0 Å². The molecule has 0 aliphatic heterocycles. The Bertz CT molecular complexity index is 71.3. The van der Waals surface area contributed by atoms with Crippen LogP contribution >= 0.6 is 0 Å². The Kier molecular flexibility index (Phi) is 3.82. The van der Waals surface area contributed by atoms with Crippen molar-refractivity contribution in [2.45, 2.75) is 40.0 Å². The molecule has 1 unspecified atom stereocenters. The van der Waals surface area contributed by atoms with E-state index in [9.17, 15) is 0 Å². The Balaban J connectivity index is 3.38. The van der Waals surface area contributed by atoms with Crippen LogP contribution in [0.3, 0.4) is 0 Å². The van der Waals surface area contributed by atoms with Crippen molar-refractivity contribution < 1.29 is 4.74 Å². The van der Waals surface area contributed by atoms with Gasteiger partial charge in [0.2, 0.25) is 0 Å². The van der Waals surface area contributed by atoms with Gasteiger partial charge in [-0.1, -0.05) is 13.8 Å². The van der Waals surface area contributed by atoms with Crippen LogP contribution < -0.4 is 5.73 Å². The van der Waals surface area contributed by atoms with E-state index in [4.69, 9.17) is 10.5 Å². The molecule has 0 spiro atoms. The molecule has 0 heterocycles. The van der Waals surface area contributed by atoms with Crippen molar-refractivity contribution in [2.75, 3.05) is 0 Å². The molecule has 2 heteroatoms. The first-order valence-corrected chi connectivity index (χ1v) is 3.45. The van der Waals surface area contributed by atoms with E-state index >= 15 is 0 Å². The average molecular weight is 131 g/mol. The SMILES string of the molecule is CC(N)O[C@H](C)C(C)C. The fraction of sp³-hybridized carbons (Fsp3) is 1.00. The molecule has 0 aromatic carbocycles. The van der Waals surface area contributed by atoms with Gasteiger partial charge in [-0.15, -0.1) is 0 Å². The lowest BCUT2D eigenvalue weighted by Gasteiger charge is -2.18. The van der Waals surface area contributed by atoms with Crippen molar-refractivity contribution >= 4 is 0 Å². The molecule has 0 saturated heterocycles. The van der Waals surface area contributed by atoms with Crippen molar-refractivity contribution in [1.29, 1.82) is 0 Å². The van der Waals surface area contributed by atoms with Crippen LogP contribution in [0.5, 0.6) is 0 Å². The van der Waals surface area contributed by atoms with Gasteiger partial charge in [-0.2, -0.15) is 0 Å². The molecule has 0 rings (SSSR count). The lowest BCUT2D eigenvalue weighted by atomic mass is 10.1. The second-order valence-electron chi connectivity index (χ2n) is 2.79. The zero-order valence-corrected chi connectivity index (χ0v) is 6.72. The van der Waals surface area contributed by atoms with Crippen molar-refractivity contribution in [3.63, 3.8) is 0 Å². The van der Waals surface area contributed by atoms with Gasteiger partial charge in [0.1, 0.15) is 6.23 Å². The van der Waals surface area contributed by atoms with Crippen LogP contribution in [0.4, 0.5) is 0 Å². The predicted octanol–water partition coefficient (Wildman–Crippen LogP) is 1.35. The summed E-state index contributed by atoms with van der Waals surface area (Å²) in [7, 11) is 0. The second kappa shape index (κ2) is 3.85. The second-order valence-corrected chi connectivity index (χ2v) is 2.79. The minimum atomic E-state index is -0.137. The third kappa shape index (κ3) is 4.43. The normalized spacial score (nSPS) is 18.0. The number of hydrogen-bond donors (Lipinski definition) is 1. The molecule has 0 saturated carbocycles. The molecular formula is C7H17NO. The van der Waals surface area contributed by atoms with Gasteiger partial charge in [0.05, 0.1) is 6.10 Å². The molecule has 0 fully saturated rings. The smallest absolute Gasteiger partial charge is 0.103 e. The zero-order chi connectivity index (χ0) is 7.44. The highest BCUT2D eigenvalue weighted by Gasteiger charge is 2.07. The topological polar surface area (TPSA) is 35.2 Å². The van der Waals surface area contributed by atoms with Crippen LogP contribution in [0.25, 0.3) is 0 Å². The van der Waals surface area contributed by atoms with E-state index in [1.165, 1.54) is 0 Å². The number of rotatable bonds is 3. The van der Waals surface area contributed by atoms with Crippen molar-refractivity contribution in [3.8, 4) is 0 Å². The Hall–Kier alpha value is -0.0800. The van der Waals surface area contributed by atoms with Gasteiger partial charge >= 0.3 is 0 Å². The Morgan fingerprint density at radius 3 is 1.67 bits per heavy atom. The summed E-state index contributed by atoms with van der Waals surface area (Å²) in [6.07, 6.45) is 0.132. The summed E-state index contributed by atoms with van der Waals surface area (Å²) in [5, 5.41) is 0. The highest BCUT2D eigenvalue weighted by atomic mass is 16.5. The summed E-state index contributed by atoms with van der Waals surface area (Å²) in [4.78, 5) is 0. The molecule has 2 nitrogen and oxygen atoms in total. The summed E-state index contributed by atoms with van der Waals surface area (Å²) in [6, 6.07) is 0. The molecule has 0 aliphatic carbocycles. The van der Waals surface area contributed by atoms with Gasteiger partial charge < -0.3 is 10.5 Å². The number of ether oxygens (including phenoxy) is 1. The van der Waals surface area contributed by atoms with E-state index < -0.39 is 0 Å².